The molecule has 14 heteroatoms. The number of alkyl halides is 4. The van der Waals surface area contributed by atoms with Crippen molar-refractivity contribution in [2.75, 3.05) is 43.9 Å². The summed E-state index contributed by atoms with van der Waals surface area (Å²) in [4.78, 5) is 16.1. The normalized spacial score (nSPS) is 24.9. The largest absolute Gasteiger partial charge is 0.462 e. The van der Waals surface area contributed by atoms with Gasteiger partial charge >= 0.3 is 12.2 Å². The summed E-state index contributed by atoms with van der Waals surface area (Å²) in [7, 11) is 1.75. The zero-order valence-corrected chi connectivity index (χ0v) is 22.4. The molecule has 5 heterocycles. The van der Waals surface area contributed by atoms with Gasteiger partial charge < -0.3 is 20.7 Å². The number of pyridine rings is 1. The molecule has 2 unspecified atom stereocenters. The number of benzene rings is 1. The molecule has 0 radical (unpaired) electrons. The Balaban J connectivity index is 1.51. The summed E-state index contributed by atoms with van der Waals surface area (Å²) >= 11 is 0. The summed E-state index contributed by atoms with van der Waals surface area (Å²) in [6.45, 7) is 2.42. The summed E-state index contributed by atoms with van der Waals surface area (Å²) in [6, 6.07) is 1.73. The van der Waals surface area contributed by atoms with Gasteiger partial charge in [-0.25, -0.2) is 18.2 Å². The van der Waals surface area contributed by atoms with E-state index in [1.807, 2.05) is 4.90 Å². The number of halogens is 6. The summed E-state index contributed by atoms with van der Waals surface area (Å²) in [6.07, 6.45) is -3.87. The van der Waals surface area contributed by atoms with Crippen LogP contribution in [-0.2, 0) is 6.18 Å². The average Bonchev–Trinajstić information content (AvgIpc) is 3.39. The van der Waals surface area contributed by atoms with Crippen LogP contribution in [0.3, 0.4) is 0 Å². The molecule has 2 bridgehead atoms. The lowest BCUT2D eigenvalue weighted by molar-refractivity contribution is -0.137. The van der Waals surface area contributed by atoms with Crippen LogP contribution in [0.1, 0.15) is 30.4 Å². The molecule has 1 aromatic carbocycles. The third-order valence-electron chi connectivity index (χ3n) is 8.16. The lowest BCUT2D eigenvalue weighted by Crippen LogP contribution is -2.51. The highest BCUT2D eigenvalue weighted by Gasteiger charge is 2.39. The minimum absolute atomic E-state index is 0.00612. The predicted molar refractivity (Wildman–Crippen MR) is 140 cm³/mol. The maximum absolute atomic E-state index is 16.3. The zero-order valence-electron chi connectivity index (χ0n) is 22.4. The van der Waals surface area contributed by atoms with Gasteiger partial charge in [0.2, 0.25) is 0 Å². The van der Waals surface area contributed by atoms with Gasteiger partial charge in [-0.05, 0) is 50.9 Å². The number of ether oxygens (including phenoxy) is 1. The molecule has 0 aliphatic carbocycles. The van der Waals surface area contributed by atoms with Crippen molar-refractivity contribution in [3.05, 3.63) is 34.9 Å². The fourth-order valence-corrected chi connectivity index (χ4v) is 6.27. The zero-order chi connectivity index (χ0) is 29.2. The van der Waals surface area contributed by atoms with Gasteiger partial charge in [-0.15, -0.1) is 0 Å². The highest BCUT2D eigenvalue weighted by molar-refractivity contribution is 5.94. The Morgan fingerprint density at radius 2 is 1.78 bits per heavy atom. The third kappa shape index (κ3) is 5.11. The van der Waals surface area contributed by atoms with E-state index in [1.165, 1.54) is 0 Å². The van der Waals surface area contributed by atoms with Crippen LogP contribution in [0.15, 0.2) is 12.1 Å². The molecule has 220 valence electrons. The molecule has 41 heavy (non-hydrogen) atoms. The van der Waals surface area contributed by atoms with Gasteiger partial charge in [0.25, 0.3) is 0 Å². The van der Waals surface area contributed by atoms with E-state index < -0.39 is 46.3 Å². The maximum Gasteiger partial charge on any atom is 0.418 e. The van der Waals surface area contributed by atoms with Gasteiger partial charge in [-0.2, -0.15) is 23.1 Å². The van der Waals surface area contributed by atoms with E-state index in [9.17, 15) is 17.6 Å². The summed E-state index contributed by atoms with van der Waals surface area (Å²) in [5.74, 6) is -2.70. The van der Waals surface area contributed by atoms with Crippen molar-refractivity contribution in [2.45, 2.75) is 56.7 Å². The highest BCUT2D eigenvalue weighted by Crippen LogP contribution is 2.43. The molecule has 3 aliphatic heterocycles. The van der Waals surface area contributed by atoms with E-state index in [2.05, 4.69) is 20.3 Å². The smallest absolute Gasteiger partial charge is 0.418 e. The number of rotatable bonds is 5. The molecular weight excluding hydrogens is 552 g/mol. The number of likely N-dealkylation sites (tertiary alicyclic amines) is 1. The molecule has 0 spiro atoms. The first kappa shape index (κ1) is 27.8. The predicted octanol–water partition coefficient (Wildman–Crippen LogP) is 4.24. The second-order valence-electron chi connectivity index (χ2n) is 11.1. The number of hydrogen-bond donors (Lipinski definition) is 2. The van der Waals surface area contributed by atoms with Crippen molar-refractivity contribution >= 4 is 22.5 Å². The van der Waals surface area contributed by atoms with E-state index in [-0.39, 0.29) is 66.3 Å². The first-order valence-electron chi connectivity index (χ1n) is 13.4. The number of hydrogen-bond acceptors (Lipinski definition) is 8. The van der Waals surface area contributed by atoms with Crippen LogP contribution in [0.5, 0.6) is 6.01 Å². The van der Waals surface area contributed by atoms with Crippen molar-refractivity contribution < 1.29 is 31.1 Å². The number of nitrogens with zero attached hydrogens (tertiary/aromatic N) is 5. The Bertz CT molecular complexity index is 1490. The van der Waals surface area contributed by atoms with E-state index in [0.717, 1.165) is 31.9 Å². The number of nitrogens with two attached hydrogens (primary N) is 1. The summed E-state index contributed by atoms with van der Waals surface area (Å²) in [5, 5.41) is 3.47. The lowest BCUT2D eigenvalue weighted by atomic mass is 9.98. The van der Waals surface area contributed by atoms with Crippen molar-refractivity contribution in [2.24, 2.45) is 0 Å². The number of piperazine rings is 1. The number of aryl methyl sites for hydroxylation is 1. The van der Waals surface area contributed by atoms with Gasteiger partial charge in [-0.3, -0.25) is 4.90 Å². The second-order valence-corrected chi connectivity index (χ2v) is 11.1. The molecule has 2 aromatic heterocycles. The molecule has 0 saturated carbocycles. The highest BCUT2D eigenvalue weighted by atomic mass is 19.4. The first-order chi connectivity index (χ1) is 19.4. The lowest BCUT2D eigenvalue weighted by Gasteiger charge is -2.34. The SMILES string of the molecule is Cc1cc(N)nc(-c2c(F)cc3c(N4CC5CCC(C4)N5)nc(OC[C@@H]4C[C@@H](F)CN4C)nc3c2F)c1C(F)(F)F. The fourth-order valence-electron chi connectivity index (χ4n) is 6.27. The van der Waals surface area contributed by atoms with Crippen LogP contribution in [0.2, 0.25) is 0 Å². The Hall–Kier alpha value is -3.39. The third-order valence-corrected chi connectivity index (χ3v) is 8.16. The molecule has 3 aromatic rings. The fraction of sp³-hybridized carbons (Fsp3) is 0.519. The Kier molecular flexibility index (Phi) is 6.88. The Morgan fingerprint density at radius 1 is 1.07 bits per heavy atom. The molecule has 3 saturated heterocycles. The molecule has 8 nitrogen and oxygen atoms in total. The van der Waals surface area contributed by atoms with E-state index in [0.29, 0.717) is 13.1 Å². The van der Waals surface area contributed by atoms with Crippen LogP contribution in [0.25, 0.3) is 22.2 Å². The number of fused-ring (bicyclic) bond motifs is 3. The van der Waals surface area contributed by atoms with Crippen LogP contribution >= 0.6 is 0 Å². The van der Waals surface area contributed by atoms with Gasteiger partial charge in [0, 0.05) is 43.1 Å². The number of anilines is 2. The molecule has 0 amide bonds. The van der Waals surface area contributed by atoms with Crippen LogP contribution in [0, 0.1) is 18.6 Å². The molecule has 3 aliphatic rings. The topological polar surface area (TPSA) is 92.4 Å². The van der Waals surface area contributed by atoms with E-state index in [4.69, 9.17) is 10.5 Å². The minimum atomic E-state index is -4.96. The first-order valence-corrected chi connectivity index (χ1v) is 13.4. The van der Waals surface area contributed by atoms with Crippen molar-refractivity contribution in [3.8, 4) is 17.3 Å². The summed E-state index contributed by atoms with van der Waals surface area (Å²) < 4.78 is 93.8. The second kappa shape index (κ2) is 10.2. The van der Waals surface area contributed by atoms with Crippen molar-refractivity contribution in [1.82, 2.24) is 25.2 Å². The number of aromatic nitrogens is 3. The van der Waals surface area contributed by atoms with E-state index >= 15 is 8.78 Å². The maximum atomic E-state index is 16.3. The van der Waals surface area contributed by atoms with Gasteiger partial charge in [0.15, 0.2) is 5.82 Å². The molecule has 3 fully saturated rings. The quantitative estimate of drug-likeness (QED) is 0.433. The Labute approximate surface area is 231 Å². The van der Waals surface area contributed by atoms with E-state index in [1.54, 1.807) is 11.9 Å². The van der Waals surface area contributed by atoms with Crippen molar-refractivity contribution in [3.63, 3.8) is 0 Å². The van der Waals surface area contributed by atoms with Gasteiger partial charge in [-0.1, -0.05) is 0 Å². The van der Waals surface area contributed by atoms with Crippen LogP contribution in [-0.4, -0.2) is 77.4 Å². The number of likely N-dealkylation sites (N-methyl/N-ethyl adjacent to an activating group) is 1. The molecule has 3 N–H and O–H groups in total. The van der Waals surface area contributed by atoms with Gasteiger partial charge in [0.1, 0.15) is 35.7 Å². The Morgan fingerprint density at radius 3 is 2.41 bits per heavy atom. The molecule has 4 atom stereocenters. The molecular formula is C27H29F6N7O. The van der Waals surface area contributed by atoms with Gasteiger partial charge in [0.05, 0.1) is 16.8 Å². The number of nitrogen functional groups attached to an aromatic ring is 1. The minimum Gasteiger partial charge on any atom is -0.462 e. The van der Waals surface area contributed by atoms with Crippen LogP contribution in [0.4, 0.5) is 38.0 Å². The average molecular weight is 582 g/mol. The number of nitrogens with one attached hydrogen (secondary N) is 1. The molecule has 6 rings (SSSR count). The van der Waals surface area contributed by atoms with Crippen LogP contribution < -0.4 is 20.7 Å². The summed E-state index contributed by atoms with van der Waals surface area (Å²) in [5.41, 5.74) is 1.72. The standard InChI is InChI=1S/C27H29F6N7O/c1-12-5-19(34)36-24(21(12)27(31,32)33)20-18(29)7-17-23(22(20)30)37-26(41-11-16-6-13(28)8-39(16)2)38-25(17)40-9-14-3-4-15(10-40)35-14/h5,7,13-16,35H,3-4,6,8-11H2,1-2H3,(H2,34,36)/t13-,14?,15?,16+/m1/s1. The van der Waals surface area contributed by atoms with Crippen molar-refractivity contribution in [1.29, 1.82) is 0 Å². The monoisotopic (exact) mass is 581 g/mol.